The molecule has 152 valence electrons. The van der Waals surface area contributed by atoms with Crippen LogP contribution in [0.25, 0.3) is 21.7 Å². The molecule has 2 aliphatic rings. The molecule has 5 rings (SSSR count). The van der Waals surface area contributed by atoms with E-state index < -0.39 is 0 Å². The van der Waals surface area contributed by atoms with Gasteiger partial charge in [0.05, 0.1) is 10.8 Å². The molecule has 2 aromatic carbocycles. The van der Waals surface area contributed by atoms with Gasteiger partial charge < -0.3 is 0 Å². The first-order valence-corrected chi connectivity index (χ1v) is 12.4. The Morgan fingerprint density at radius 2 is 1.83 bits per heavy atom. The summed E-state index contributed by atoms with van der Waals surface area (Å²) < 4.78 is 2.60. The van der Waals surface area contributed by atoms with Crippen LogP contribution in [-0.4, -0.2) is 5.75 Å². The Labute approximate surface area is 179 Å². The van der Waals surface area contributed by atoms with Crippen LogP contribution in [0.4, 0.5) is 0 Å². The number of fused-ring (bicyclic) bond motifs is 2. The highest BCUT2D eigenvalue weighted by molar-refractivity contribution is 8.00. The third-order valence-corrected chi connectivity index (χ3v) is 10.0. The van der Waals surface area contributed by atoms with Crippen molar-refractivity contribution in [2.24, 2.45) is 0 Å². The zero-order chi connectivity index (χ0) is 20.6. The van der Waals surface area contributed by atoms with Crippen molar-refractivity contribution in [1.29, 1.82) is 0 Å². The van der Waals surface area contributed by atoms with E-state index in [1.54, 1.807) is 16.0 Å². The molecular weight excluding hydrogens is 370 g/mol. The fourth-order valence-corrected chi connectivity index (χ4v) is 7.54. The average molecular weight is 405 g/mol. The van der Waals surface area contributed by atoms with Gasteiger partial charge >= 0.3 is 0 Å². The fourth-order valence-electron chi connectivity index (χ4n) is 5.99. The molecule has 0 amide bonds. The van der Waals surface area contributed by atoms with E-state index in [9.17, 15) is 0 Å². The van der Waals surface area contributed by atoms with Gasteiger partial charge in [-0.05, 0) is 43.5 Å². The lowest BCUT2D eigenvalue weighted by Crippen LogP contribution is -2.65. The number of unbranched alkanes of at least 4 members (excludes halogenated alkanes) is 1. The van der Waals surface area contributed by atoms with Crippen LogP contribution in [0.3, 0.4) is 0 Å². The highest BCUT2D eigenvalue weighted by atomic mass is 32.2. The molecule has 3 heterocycles. The van der Waals surface area contributed by atoms with Crippen molar-refractivity contribution >= 4 is 33.4 Å². The standard InChI is InChI=1S/C27H34NS/c1-7-9-14-26(5)17-29-24-19-13-12-18-11-10-15-28-23(18)22(19)20(16-21(24)26)25(3,4)27(28,6)8-2/h10-13,15-16H,7-9,14,17H2,1-6H3/q+1. The molecule has 29 heavy (non-hydrogen) atoms. The van der Waals surface area contributed by atoms with Crippen LogP contribution in [0.5, 0.6) is 0 Å². The van der Waals surface area contributed by atoms with E-state index in [0.717, 1.165) is 6.42 Å². The van der Waals surface area contributed by atoms with Crippen molar-refractivity contribution in [1.82, 2.24) is 0 Å². The maximum atomic E-state index is 2.64. The molecule has 0 radical (unpaired) electrons. The number of benzene rings is 2. The number of pyridine rings is 1. The smallest absolute Gasteiger partial charge is 0.192 e. The van der Waals surface area contributed by atoms with Crippen LogP contribution in [0.2, 0.25) is 0 Å². The summed E-state index contributed by atoms with van der Waals surface area (Å²) in [5, 5.41) is 4.36. The molecule has 0 saturated heterocycles. The molecule has 2 atom stereocenters. The van der Waals surface area contributed by atoms with Crippen molar-refractivity contribution in [2.45, 2.75) is 88.5 Å². The van der Waals surface area contributed by atoms with E-state index in [1.165, 1.54) is 46.7 Å². The van der Waals surface area contributed by atoms with Gasteiger partial charge in [0.1, 0.15) is 0 Å². The van der Waals surface area contributed by atoms with Crippen LogP contribution in [0.1, 0.15) is 78.4 Å². The zero-order valence-corrected chi connectivity index (χ0v) is 19.7. The molecule has 0 aliphatic carbocycles. The van der Waals surface area contributed by atoms with E-state index in [2.05, 4.69) is 94.4 Å². The number of aromatic nitrogens is 1. The molecule has 0 fully saturated rings. The first-order chi connectivity index (χ1) is 13.8. The summed E-state index contributed by atoms with van der Waals surface area (Å²) in [6.07, 6.45) is 7.34. The summed E-state index contributed by atoms with van der Waals surface area (Å²) in [6.45, 7) is 14.6. The van der Waals surface area contributed by atoms with Gasteiger partial charge in [-0.2, -0.15) is 4.57 Å². The zero-order valence-electron chi connectivity index (χ0n) is 18.9. The molecule has 1 aromatic heterocycles. The lowest BCUT2D eigenvalue weighted by atomic mass is 9.63. The van der Waals surface area contributed by atoms with Gasteiger partial charge in [-0.1, -0.05) is 45.7 Å². The van der Waals surface area contributed by atoms with Crippen LogP contribution in [0, 0.1) is 0 Å². The summed E-state index contributed by atoms with van der Waals surface area (Å²) in [5.74, 6) is 1.22. The summed E-state index contributed by atoms with van der Waals surface area (Å²) in [4.78, 5) is 1.55. The quantitative estimate of drug-likeness (QED) is 0.327. The predicted octanol–water partition coefficient (Wildman–Crippen LogP) is 7.25. The Kier molecular flexibility index (Phi) is 4.17. The maximum Gasteiger partial charge on any atom is 0.221 e. The highest BCUT2D eigenvalue weighted by Gasteiger charge is 2.54. The summed E-state index contributed by atoms with van der Waals surface area (Å²) in [5.41, 5.74) is 5.06. The van der Waals surface area contributed by atoms with Gasteiger partial charge in [-0.3, -0.25) is 0 Å². The molecule has 0 spiro atoms. The highest BCUT2D eigenvalue weighted by Crippen LogP contribution is 2.55. The number of hydrogen-bond acceptors (Lipinski definition) is 1. The van der Waals surface area contributed by atoms with Crippen molar-refractivity contribution in [3.05, 3.63) is 47.7 Å². The molecule has 1 nitrogen and oxygen atoms in total. The molecule has 2 unspecified atom stereocenters. The largest absolute Gasteiger partial charge is 0.221 e. The third-order valence-electron chi connectivity index (χ3n) is 8.52. The van der Waals surface area contributed by atoms with Gasteiger partial charge in [-0.25, -0.2) is 0 Å². The van der Waals surface area contributed by atoms with E-state index in [1.807, 2.05) is 0 Å². The van der Waals surface area contributed by atoms with E-state index in [-0.39, 0.29) is 11.0 Å². The summed E-state index contributed by atoms with van der Waals surface area (Å²) in [6, 6.07) is 11.9. The number of nitrogens with zero attached hydrogens (tertiary/aromatic N) is 1. The van der Waals surface area contributed by atoms with Gasteiger partial charge in [-0.15, -0.1) is 11.8 Å². The van der Waals surface area contributed by atoms with E-state index >= 15 is 0 Å². The number of thioether (sulfide) groups is 1. The topological polar surface area (TPSA) is 3.88 Å². The third kappa shape index (κ3) is 2.33. The normalized spacial score (nSPS) is 27.1. The minimum absolute atomic E-state index is 0.0631. The minimum atomic E-state index is 0.0631. The molecule has 0 N–H and O–H groups in total. The van der Waals surface area contributed by atoms with Crippen molar-refractivity contribution < 1.29 is 4.57 Å². The van der Waals surface area contributed by atoms with Crippen LogP contribution >= 0.6 is 11.8 Å². The Morgan fingerprint density at radius 3 is 2.55 bits per heavy atom. The van der Waals surface area contributed by atoms with Crippen LogP contribution < -0.4 is 4.57 Å². The molecular formula is C27H34NS+. The first kappa shape index (κ1) is 19.4. The Morgan fingerprint density at radius 1 is 1.03 bits per heavy atom. The fraction of sp³-hybridized carbons (Fsp3) is 0.519. The molecule has 2 aliphatic heterocycles. The molecule has 3 aromatic rings. The molecule has 2 heteroatoms. The second kappa shape index (κ2) is 6.23. The van der Waals surface area contributed by atoms with Crippen molar-refractivity contribution in [3.8, 4) is 0 Å². The van der Waals surface area contributed by atoms with Gasteiger partial charge in [0.2, 0.25) is 5.52 Å². The van der Waals surface area contributed by atoms with Gasteiger partial charge in [0, 0.05) is 46.2 Å². The predicted molar refractivity (Wildman–Crippen MR) is 126 cm³/mol. The van der Waals surface area contributed by atoms with Crippen molar-refractivity contribution in [3.63, 3.8) is 0 Å². The number of rotatable bonds is 4. The van der Waals surface area contributed by atoms with Gasteiger partial charge in [0.15, 0.2) is 11.7 Å². The molecule has 0 bridgehead atoms. The average Bonchev–Trinajstić information content (AvgIpc) is 3.06. The first-order valence-electron chi connectivity index (χ1n) is 11.4. The minimum Gasteiger partial charge on any atom is -0.192 e. The molecule has 0 saturated carbocycles. The lowest BCUT2D eigenvalue weighted by Gasteiger charge is -2.43. The Balaban J connectivity index is 1.93. The SMILES string of the molecule is CCCCC1(C)CSc2c1cc1c3c2ccc2ccc[n+](c23)C(C)(CC)C1(C)C. The van der Waals surface area contributed by atoms with Crippen LogP contribution in [-0.2, 0) is 16.4 Å². The summed E-state index contributed by atoms with van der Waals surface area (Å²) in [7, 11) is 0. The monoisotopic (exact) mass is 404 g/mol. The second-order valence-electron chi connectivity index (χ2n) is 10.3. The maximum absolute atomic E-state index is 2.64. The van der Waals surface area contributed by atoms with Crippen molar-refractivity contribution in [2.75, 3.05) is 5.75 Å². The van der Waals surface area contributed by atoms with Gasteiger partial charge in [0.25, 0.3) is 0 Å². The summed E-state index contributed by atoms with van der Waals surface area (Å²) >= 11 is 2.10. The Bertz CT molecular complexity index is 1140. The van der Waals surface area contributed by atoms with Crippen LogP contribution in [0.15, 0.2) is 41.4 Å². The number of hydrogen-bond donors (Lipinski definition) is 0. The van der Waals surface area contributed by atoms with E-state index in [0.29, 0.717) is 5.41 Å². The van der Waals surface area contributed by atoms with E-state index in [4.69, 9.17) is 0 Å². The lowest BCUT2D eigenvalue weighted by molar-refractivity contribution is -0.750. The Hall–Kier alpha value is -1.54. The second-order valence-corrected chi connectivity index (χ2v) is 11.3.